The van der Waals surface area contributed by atoms with Crippen LogP contribution in [-0.2, 0) is 19.1 Å². The molecule has 2 aromatic rings. The average molecular weight is 611 g/mol. The maximum atomic E-state index is 12.1. The normalized spacial score (nSPS) is 10.6. The summed E-state index contributed by atoms with van der Waals surface area (Å²) in [7, 11) is 0. The molecule has 0 unspecified atom stereocenters. The third-order valence-electron chi connectivity index (χ3n) is 4.40. The first-order valence-electron chi connectivity index (χ1n) is 11.5. The quantitative estimate of drug-likeness (QED) is 0.144. The molecule has 2 aromatic carbocycles. The van der Waals surface area contributed by atoms with E-state index in [1.54, 1.807) is 43.3 Å². The number of carbonyl (C=O) groups is 3. The van der Waals surface area contributed by atoms with Crippen molar-refractivity contribution in [2.75, 3.05) is 31.7 Å². The zero-order chi connectivity index (χ0) is 26.3. The maximum absolute atomic E-state index is 12.1. The van der Waals surface area contributed by atoms with E-state index in [-0.39, 0.29) is 32.0 Å². The predicted octanol–water partition coefficient (Wildman–Crippen LogP) is 3.90. The molecule has 0 saturated carbocycles. The van der Waals surface area contributed by atoms with Crippen molar-refractivity contribution in [3.8, 4) is 17.2 Å². The second-order valence-electron chi connectivity index (χ2n) is 7.16. The van der Waals surface area contributed by atoms with Crippen molar-refractivity contribution in [3.63, 3.8) is 0 Å². The number of anilines is 1. The van der Waals surface area contributed by atoms with Crippen LogP contribution in [0.5, 0.6) is 17.2 Å². The number of hydrazone groups is 1. The molecule has 0 heterocycles. The molecule has 0 aliphatic heterocycles. The van der Waals surface area contributed by atoms with Crippen molar-refractivity contribution in [3.05, 3.63) is 45.5 Å². The van der Waals surface area contributed by atoms with Crippen LogP contribution in [0.2, 0.25) is 0 Å². The highest BCUT2D eigenvalue weighted by Gasteiger charge is 2.14. The van der Waals surface area contributed by atoms with E-state index in [2.05, 4.69) is 38.4 Å². The number of amides is 2. The Morgan fingerprint density at radius 3 is 2.28 bits per heavy atom. The van der Waals surface area contributed by atoms with Gasteiger partial charge in [0.2, 0.25) is 11.8 Å². The zero-order valence-electron chi connectivity index (χ0n) is 20.5. The van der Waals surface area contributed by atoms with E-state index in [1.165, 1.54) is 6.21 Å². The van der Waals surface area contributed by atoms with Gasteiger partial charge in [-0.1, -0.05) is 0 Å². The molecule has 0 saturated heterocycles. The topological polar surface area (TPSA) is 125 Å². The van der Waals surface area contributed by atoms with Gasteiger partial charge in [0.25, 0.3) is 0 Å². The molecule has 194 valence electrons. The Labute approximate surface area is 223 Å². The van der Waals surface area contributed by atoms with Crippen molar-refractivity contribution in [1.82, 2.24) is 5.43 Å². The Morgan fingerprint density at radius 1 is 0.917 bits per heavy atom. The highest BCUT2D eigenvalue weighted by molar-refractivity contribution is 14.1. The number of rotatable bonds is 14. The molecule has 0 aliphatic rings. The minimum absolute atomic E-state index is 0.00739. The summed E-state index contributed by atoms with van der Waals surface area (Å²) < 4.78 is 22.1. The number of hydrogen-bond donors (Lipinski definition) is 2. The van der Waals surface area contributed by atoms with Gasteiger partial charge in [-0.25, -0.2) is 10.2 Å². The lowest BCUT2D eigenvalue weighted by Gasteiger charge is -2.14. The first-order chi connectivity index (χ1) is 17.4. The summed E-state index contributed by atoms with van der Waals surface area (Å²) in [5.41, 5.74) is 3.68. The fourth-order valence-electron chi connectivity index (χ4n) is 2.89. The standard InChI is InChI=1S/C25H30IN3O7/c1-4-33-19-9-7-18(8-10-19)28-22(30)11-12-23(31)29-27-15-17-13-20(26)25(21(14-17)34-5-2)36-16-24(32)35-6-3/h7-10,13-15H,4-6,11-12,16H2,1-3H3,(H,28,30)(H,29,31). The van der Waals surface area contributed by atoms with Crippen molar-refractivity contribution in [1.29, 1.82) is 0 Å². The van der Waals surface area contributed by atoms with Crippen molar-refractivity contribution >= 4 is 52.3 Å². The van der Waals surface area contributed by atoms with Gasteiger partial charge in [-0.05, 0) is 85.3 Å². The highest BCUT2D eigenvalue weighted by atomic mass is 127. The van der Waals surface area contributed by atoms with Crippen LogP contribution >= 0.6 is 22.6 Å². The van der Waals surface area contributed by atoms with Gasteiger partial charge in [-0.2, -0.15) is 5.10 Å². The SMILES string of the molecule is CCOC(=O)COc1c(I)cc(C=NNC(=O)CCC(=O)Nc2ccc(OCC)cc2)cc1OCC. The molecule has 11 heteroatoms. The van der Waals surface area contributed by atoms with Gasteiger partial charge in [-0.3, -0.25) is 9.59 Å². The molecule has 2 N–H and O–H groups in total. The molecule has 0 aromatic heterocycles. The van der Waals surface area contributed by atoms with E-state index in [1.807, 2.05) is 13.8 Å². The number of benzene rings is 2. The molecule has 2 rings (SSSR count). The van der Waals surface area contributed by atoms with Gasteiger partial charge >= 0.3 is 5.97 Å². The lowest BCUT2D eigenvalue weighted by Crippen LogP contribution is -2.20. The van der Waals surface area contributed by atoms with Crippen molar-refractivity contribution in [2.24, 2.45) is 5.10 Å². The Bertz CT molecular complexity index is 1060. The van der Waals surface area contributed by atoms with Crippen LogP contribution in [0.25, 0.3) is 0 Å². The summed E-state index contributed by atoms with van der Waals surface area (Å²) in [6.07, 6.45) is 1.44. The highest BCUT2D eigenvalue weighted by Crippen LogP contribution is 2.34. The maximum Gasteiger partial charge on any atom is 0.344 e. The Hall–Kier alpha value is -3.35. The van der Waals surface area contributed by atoms with E-state index in [4.69, 9.17) is 18.9 Å². The van der Waals surface area contributed by atoms with E-state index < -0.39 is 11.9 Å². The number of carbonyl (C=O) groups excluding carboxylic acids is 3. The third kappa shape index (κ3) is 10.1. The smallest absolute Gasteiger partial charge is 0.344 e. The minimum atomic E-state index is -0.475. The number of esters is 1. The molecule has 36 heavy (non-hydrogen) atoms. The van der Waals surface area contributed by atoms with Crippen LogP contribution in [0, 0.1) is 3.57 Å². The van der Waals surface area contributed by atoms with Crippen LogP contribution in [-0.4, -0.2) is 50.4 Å². The van der Waals surface area contributed by atoms with Crippen molar-refractivity contribution < 1.29 is 33.3 Å². The van der Waals surface area contributed by atoms with Crippen LogP contribution in [0.4, 0.5) is 5.69 Å². The van der Waals surface area contributed by atoms with E-state index in [0.29, 0.717) is 39.5 Å². The lowest BCUT2D eigenvalue weighted by molar-refractivity contribution is -0.145. The number of nitrogens with zero attached hydrogens (tertiary/aromatic N) is 1. The van der Waals surface area contributed by atoms with Crippen LogP contribution < -0.4 is 25.0 Å². The molecule has 10 nitrogen and oxygen atoms in total. The lowest BCUT2D eigenvalue weighted by atomic mass is 10.2. The van der Waals surface area contributed by atoms with Crippen LogP contribution in [0.15, 0.2) is 41.5 Å². The first kappa shape index (κ1) is 28.9. The Morgan fingerprint density at radius 2 is 1.61 bits per heavy atom. The number of ether oxygens (including phenoxy) is 4. The molecule has 0 atom stereocenters. The van der Waals surface area contributed by atoms with E-state index in [9.17, 15) is 14.4 Å². The summed E-state index contributed by atoms with van der Waals surface area (Å²) in [4.78, 5) is 35.8. The minimum Gasteiger partial charge on any atom is -0.494 e. The summed E-state index contributed by atoms with van der Waals surface area (Å²) >= 11 is 2.06. The van der Waals surface area contributed by atoms with Gasteiger partial charge in [0, 0.05) is 18.5 Å². The summed E-state index contributed by atoms with van der Waals surface area (Å²) in [6, 6.07) is 10.4. The van der Waals surface area contributed by atoms with E-state index in [0.717, 1.165) is 5.75 Å². The second kappa shape index (κ2) is 15.6. The van der Waals surface area contributed by atoms with Crippen molar-refractivity contribution in [2.45, 2.75) is 33.6 Å². The van der Waals surface area contributed by atoms with Gasteiger partial charge < -0.3 is 24.3 Å². The van der Waals surface area contributed by atoms with Gasteiger partial charge in [0.1, 0.15) is 5.75 Å². The van der Waals surface area contributed by atoms with Gasteiger partial charge in [0.15, 0.2) is 18.1 Å². The van der Waals surface area contributed by atoms with Gasteiger partial charge in [-0.15, -0.1) is 0 Å². The monoisotopic (exact) mass is 611 g/mol. The van der Waals surface area contributed by atoms with Crippen LogP contribution in [0.1, 0.15) is 39.2 Å². The number of halogens is 1. The largest absolute Gasteiger partial charge is 0.494 e. The molecule has 0 bridgehead atoms. The summed E-state index contributed by atoms with van der Waals surface area (Å²) in [5, 5.41) is 6.69. The second-order valence-corrected chi connectivity index (χ2v) is 8.32. The molecule has 0 spiro atoms. The van der Waals surface area contributed by atoms with Crippen LogP contribution in [0.3, 0.4) is 0 Å². The Balaban J connectivity index is 1.87. The predicted molar refractivity (Wildman–Crippen MR) is 144 cm³/mol. The Kier molecular flexibility index (Phi) is 12.5. The average Bonchev–Trinajstić information content (AvgIpc) is 2.84. The summed E-state index contributed by atoms with van der Waals surface area (Å²) in [5.74, 6) is 0.416. The fraction of sp³-hybridized carbons (Fsp3) is 0.360. The van der Waals surface area contributed by atoms with E-state index >= 15 is 0 Å². The molecule has 0 aliphatic carbocycles. The molecule has 0 fully saturated rings. The molecular formula is C25H30IN3O7. The third-order valence-corrected chi connectivity index (χ3v) is 5.20. The zero-order valence-corrected chi connectivity index (χ0v) is 22.6. The molecule has 2 amide bonds. The number of nitrogens with one attached hydrogen (secondary N) is 2. The molecule has 0 radical (unpaired) electrons. The number of hydrogen-bond acceptors (Lipinski definition) is 8. The molecular weight excluding hydrogens is 581 g/mol. The fourth-order valence-corrected chi connectivity index (χ4v) is 3.67. The first-order valence-corrected chi connectivity index (χ1v) is 12.5. The summed E-state index contributed by atoms with van der Waals surface area (Å²) in [6.45, 7) is 6.43. The van der Waals surface area contributed by atoms with Gasteiger partial charge in [0.05, 0.1) is 29.6 Å².